The molecular weight excluding hydrogens is 416 g/mol. The topological polar surface area (TPSA) is 122 Å². The monoisotopic (exact) mass is 444 g/mol. The minimum atomic E-state index is -1.01. The third-order valence-corrected chi connectivity index (χ3v) is 5.65. The first-order chi connectivity index (χ1) is 15.2. The van der Waals surface area contributed by atoms with Crippen LogP contribution in [0.4, 0.5) is 16.2 Å². The molecule has 0 radical (unpaired) electrons. The zero-order valence-electron chi connectivity index (χ0n) is 18.7. The molecule has 0 amide bonds. The van der Waals surface area contributed by atoms with E-state index in [-0.39, 0.29) is 34.7 Å². The highest BCUT2D eigenvalue weighted by Crippen LogP contribution is 2.36. The molecule has 0 aliphatic rings. The van der Waals surface area contributed by atoms with Crippen molar-refractivity contribution >= 4 is 17.5 Å². The number of non-ortho nitro benzene ring substituents is 2. The van der Waals surface area contributed by atoms with Crippen LogP contribution in [-0.2, 0) is 0 Å². The third kappa shape index (κ3) is 5.81. The Morgan fingerprint density at radius 1 is 0.750 bits per heavy atom. The SMILES string of the molecule is CCC(CC)c1cc([N+](=O)[O-])ccc1OC(=O)Oc1ccc([N+](=O)[O-])cc1C(CC)CC. The second kappa shape index (κ2) is 11.2. The van der Waals surface area contributed by atoms with Gasteiger partial charge in [0.2, 0.25) is 0 Å². The smallest absolute Gasteiger partial charge is 0.394 e. The molecule has 0 aromatic heterocycles. The molecule has 32 heavy (non-hydrogen) atoms. The third-order valence-electron chi connectivity index (χ3n) is 5.65. The molecule has 9 nitrogen and oxygen atoms in total. The van der Waals surface area contributed by atoms with Gasteiger partial charge in [0.1, 0.15) is 11.5 Å². The summed E-state index contributed by atoms with van der Waals surface area (Å²) in [6, 6.07) is 8.17. The van der Waals surface area contributed by atoms with Crippen molar-refractivity contribution in [1.29, 1.82) is 0 Å². The lowest BCUT2D eigenvalue weighted by molar-refractivity contribution is -0.385. The highest BCUT2D eigenvalue weighted by Gasteiger charge is 2.23. The van der Waals surface area contributed by atoms with E-state index >= 15 is 0 Å². The van der Waals surface area contributed by atoms with Crippen molar-refractivity contribution in [2.75, 3.05) is 0 Å². The first kappa shape index (κ1) is 24.8. The van der Waals surface area contributed by atoms with E-state index in [0.717, 1.165) is 0 Å². The molecule has 172 valence electrons. The van der Waals surface area contributed by atoms with E-state index in [0.29, 0.717) is 36.8 Å². The largest absolute Gasteiger partial charge is 0.519 e. The van der Waals surface area contributed by atoms with E-state index in [1.165, 1.54) is 36.4 Å². The maximum atomic E-state index is 12.6. The Morgan fingerprint density at radius 2 is 1.09 bits per heavy atom. The number of ether oxygens (including phenoxy) is 2. The van der Waals surface area contributed by atoms with Gasteiger partial charge in [0.15, 0.2) is 0 Å². The normalized spacial score (nSPS) is 10.9. The summed E-state index contributed by atoms with van der Waals surface area (Å²) in [6.07, 6.45) is 1.84. The van der Waals surface area contributed by atoms with E-state index in [4.69, 9.17) is 9.47 Å². The van der Waals surface area contributed by atoms with Gasteiger partial charge in [-0.05, 0) is 49.7 Å². The van der Waals surface area contributed by atoms with E-state index in [9.17, 15) is 25.0 Å². The van der Waals surface area contributed by atoms with Crippen molar-refractivity contribution in [1.82, 2.24) is 0 Å². The van der Waals surface area contributed by atoms with Gasteiger partial charge in [0.25, 0.3) is 11.4 Å². The number of nitro groups is 2. The lowest BCUT2D eigenvalue weighted by Crippen LogP contribution is -2.17. The lowest BCUT2D eigenvalue weighted by Gasteiger charge is -2.19. The highest BCUT2D eigenvalue weighted by atomic mass is 16.7. The Labute approximate surface area is 186 Å². The van der Waals surface area contributed by atoms with Crippen LogP contribution in [0, 0.1) is 20.2 Å². The molecular formula is C23H28N2O7. The molecule has 0 saturated carbocycles. The highest BCUT2D eigenvalue weighted by molar-refractivity contribution is 5.69. The zero-order chi connectivity index (χ0) is 23.8. The molecule has 0 atom stereocenters. The number of benzene rings is 2. The van der Waals surface area contributed by atoms with Gasteiger partial charge in [0.05, 0.1) is 9.85 Å². The summed E-state index contributed by atoms with van der Waals surface area (Å²) in [5.74, 6) is 0.329. The van der Waals surface area contributed by atoms with Crippen LogP contribution in [0.15, 0.2) is 36.4 Å². The van der Waals surface area contributed by atoms with Gasteiger partial charge in [-0.1, -0.05) is 27.7 Å². The number of rotatable bonds is 10. The van der Waals surface area contributed by atoms with Gasteiger partial charge in [-0.25, -0.2) is 4.79 Å². The fraction of sp³-hybridized carbons (Fsp3) is 0.435. The summed E-state index contributed by atoms with van der Waals surface area (Å²) in [5, 5.41) is 22.4. The molecule has 2 aromatic rings. The fourth-order valence-corrected chi connectivity index (χ4v) is 3.78. The van der Waals surface area contributed by atoms with Crippen molar-refractivity contribution < 1.29 is 24.1 Å². The quantitative estimate of drug-likeness (QED) is 0.169. The Balaban J connectivity index is 2.36. The second-order valence-electron chi connectivity index (χ2n) is 7.44. The van der Waals surface area contributed by atoms with Crippen molar-refractivity contribution in [3.8, 4) is 11.5 Å². The van der Waals surface area contributed by atoms with Crippen LogP contribution < -0.4 is 9.47 Å². The van der Waals surface area contributed by atoms with Crippen molar-refractivity contribution in [3.05, 3.63) is 67.8 Å². The number of nitrogens with zero attached hydrogens (tertiary/aromatic N) is 2. The number of carbonyl (C=O) groups excluding carboxylic acids is 1. The molecule has 0 aliphatic carbocycles. The van der Waals surface area contributed by atoms with Crippen LogP contribution in [0.3, 0.4) is 0 Å². The summed E-state index contributed by atoms with van der Waals surface area (Å²) in [7, 11) is 0. The first-order valence-corrected chi connectivity index (χ1v) is 10.7. The average molecular weight is 444 g/mol. The molecule has 0 unspecified atom stereocenters. The summed E-state index contributed by atoms with van der Waals surface area (Å²) in [4.78, 5) is 34.0. The van der Waals surface area contributed by atoms with E-state index in [1.807, 2.05) is 27.7 Å². The first-order valence-electron chi connectivity index (χ1n) is 10.7. The Kier molecular flexibility index (Phi) is 8.69. The summed E-state index contributed by atoms with van der Waals surface area (Å²) >= 11 is 0. The number of hydrogen-bond acceptors (Lipinski definition) is 7. The van der Waals surface area contributed by atoms with Crippen molar-refractivity contribution in [2.45, 2.75) is 65.2 Å². The van der Waals surface area contributed by atoms with E-state index in [1.54, 1.807) is 0 Å². The molecule has 0 fully saturated rings. The number of carbonyl (C=O) groups is 1. The maximum Gasteiger partial charge on any atom is 0.519 e. The molecule has 0 bridgehead atoms. The van der Waals surface area contributed by atoms with Gasteiger partial charge >= 0.3 is 6.16 Å². The maximum absolute atomic E-state index is 12.6. The van der Waals surface area contributed by atoms with Crippen LogP contribution in [0.1, 0.15) is 76.3 Å². The number of hydrogen-bond donors (Lipinski definition) is 0. The second-order valence-corrected chi connectivity index (χ2v) is 7.44. The van der Waals surface area contributed by atoms with Crippen molar-refractivity contribution in [2.24, 2.45) is 0 Å². The summed E-state index contributed by atoms with van der Waals surface area (Å²) in [6.45, 7) is 7.81. The van der Waals surface area contributed by atoms with Gasteiger partial charge in [-0.15, -0.1) is 0 Å². The summed E-state index contributed by atoms with van der Waals surface area (Å²) < 4.78 is 10.9. The molecule has 0 saturated heterocycles. The average Bonchev–Trinajstić information content (AvgIpc) is 2.77. The van der Waals surface area contributed by atoms with Crippen LogP contribution in [-0.4, -0.2) is 16.0 Å². The molecule has 9 heteroatoms. The van der Waals surface area contributed by atoms with Gasteiger partial charge in [-0.2, -0.15) is 0 Å². The van der Waals surface area contributed by atoms with Crippen LogP contribution in [0.2, 0.25) is 0 Å². The Bertz CT molecular complexity index is 905. The standard InChI is InChI=1S/C23H28N2O7/c1-5-15(6-2)19-13-17(24(27)28)9-11-21(19)31-23(26)32-22-12-10-18(25(29)30)14-20(22)16(7-3)8-4/h9-16H,5-8H2,1-4H3. The molecule has 2 rings (SSSR count). The van der Waals surface area contributed by atoms with Gasteiger partial charge < -0.3 is 9.47 Å². The molecule has 0 heterocycles. The van der Waals surface area contributed by atoms with Crippen LogP contribution in [0.5, 0.6) is 11.5 Å². The fourth-order valence-electron chi connectivity index (χ4n) is 3.78. The van der Waals surface area contributed by atoms with Crippen LogP contribution >= 0.6 is 0 Å². The van der Waals surface area contributed by atoms with Gasteiger partial charge in [-0.3, -0.25) is 20.2 Å². The summed E-state index contributed by atoms with van der Waals surface area (Å²) in [5.41, 5.74) is 0.952. The van der Waals surface area contributed by atoms with Crippen LogP contribution in [0.25, 0.3) is 0 Å². The molecule has 0 aliphatic heterocycles. The minimum absolute atomic E-state index is 0.0304. The Hall–Kier alpha value is -3.49. The predicted molar refractivity (Wildman–Crippen MR) is 119 cm³/mol. The Morgan fingerprint density at radius 3 is 1.38 bits per heavy atom. The molecule has 2 aromatic carbocycles. The van der Waals surface area contributed by atoms with E-state index < -0.39 is 16.0 Å². The minimum Gasteiger partial charge on any atom is -0.394 e. The number of nitro benzene ring substituents is 2. The lowest BCUT2D eigenvalue weighted by atomic mass is 9.92. The predicted octanol–water partition coefficient (Wildman–Crippen LogP) is 6.89. The van der Waals surface area contributed by atoms with E-state index in [2.05, 4.69) is 0 Å². The molecule has 0 spiro atoms. The molecule has 0 N–H and O–H groups in total. The van der Waals surface area contributed by atoms with Crippen molar-refractivity contribution in [3.63, 3.8) is 0 Å². The zero-order valence-corrected chi connectivity index (χ0v) is 18.7. The van der Waals surface area contributed by atoms with Gasteiger partial charge in [0, 0.05) is 35.4 Å².